The summed E-state index contributed by atoms with van der Waals surface area (Å²) in [5, 5.41) is 7.03. The van der Waals surface area contributed by atoms with Crippen molar-refractivity contribution in [1.82, 2.24) is 19.4 Å². The van der Waals surface area contributed by atoms with Gasteiger partial charge in [-0.25, -0.2) is 15.0 Å². The monoisotopic (exact) mass is 494 g/mol. The summed E-state index contributed by atoms with van der Waals surface area (Å²) in [4.78, 5) is 14.3. The number of aromatic nitrogens is 4. The maximum Gasteiger partial charge on any atom is 0.182 e. The number of imidazole rings is 1. The van der Waals surface area contributed by atoms with Crippen molar-refractivity contribution < 1.29 is 12.3 Å². The van der Waals surface area contributed by atoms with Crippen LogP contribution in [0.3, 0.4) is 0 Å². The van der Waals surface area contributed by atoms with E-state index in [-0.39, 0.29) is 20.4 Å². The zero-order valence-corrected chi connectivity index (χ0v) is 22.1. The first kappa shape index (κ1) is 25.7. The van der Waals surface area contributed by atoms with Crippen LogP contribution in [0.2, 0.25) is 0 Å². The Labute approximate surface area is 216 Å². The molecule has 0 radical (unpaired) electrons. The van der Waals surface area contributed by atoms with Gasteiger partial charge in [0, 0.05) is 40.7 Å². The third kappa shape index (κ3) is 6.45. The topological polar surface area (TPSA) is 85.6 Å². The van der Waals surface area contributed by atoms with Crippen molar-refractivity contribution in [2.24, 2.45) is 5.92 Å². The third-order valence-corrected chi connectivity index (χ3v) is 6.21. The highest BCUT2D eigenvalue weighted by atomic mass is 16.5. The molecule has 0 amide bonds. The Morgan fingerprint density at radius 2 is 2.06 bits per heavy atom. The fourth-order valence-corrected chi connectivity index (χ4v) is 4.62. The molecule has 3 aromatic rings. The number of methoxy groups -OCH3 is 1. The summed E-state index contributed by atoms with van der Waals surface area (Å²) < 4.78 is 13.4. The highest BCUT2D eigenvalue weighted by Gasteiger charge is 2.28. The van der Waals surface area contributed by atoms with Gasteiger partial charge in [-0.15, -0.1) is 0 Å². The first-order valence-corrected chi connectivity index (χ1v) is 12.7. The molecule has 8 nitrogen and oxygen atoms in total. The Bertz CT molecular complexity index is 1250. The number of hydrogen-bond acceptors (Lipinski definition) is 7. The van der Waals surface area contributed by atoms with Crippen molar-refractivity contribution in [3.63, 3.8) is 0 Å². The number of fused-ring (bicyclic) bond motifs is 1. The van der Waals surface area contributed by atoms with E-state index < -0.39 is 0 Å². The molecular weight excluding hydrogens is 452 g/mol. The minimum Gasteiger partial charge on any atom is -0.484 e. The molecular formula is C28H42N6O2. The molecule has 0 saturated heterocycles. The van der Waals surface area contributed by atoms with Crippen LogP contribution in [0, 0.1) is 12.8 Å². The summed E-state index contributed by atoms with van der Waals surface area (Å²) in [7, 11) is 1.69. The van der Waals surface area contributed by atoms with Crippen LogP contribution in [0.4, 0.5) is 11.6 Å². The molecule has 3 heterocycles. The smallest absolute Gasteiger partial charge is 0.182 e. The molecule has 1 aliphatic rings. The van der Waals surface area contributed by atoms with Crippen molar-refractivity contribution >= 4 is 17.3 Å². The molecule has 4 rings (SSSR count). The Morgan fingerprint density at radius 1 is 1.25 bits per heavy atom. The van der Waals surface area contributed by atoms with Gasteiger partial charge >= 0.3 is 0 Å². The number of hydrogen-bond donors (Lipinski definition) is 2. The highest BCUT2D eigenvalue weighted by molar-refractivity contribution is 5.62. The van der Waals surface area contributed by atoms with Gasteiger partial charge in [-0.3, -0.25) is 4.40 Å². The molecule has 0 aromatic carbocycles. The van der Waals surface area contributed by atoms with Crippen LogP contribution in [0.1, 0.15) is 54.9 Å². The van der Waals surface area contributed by atoms with Crippen LogP contribution in [0.5, 0.6) is 0 Å². The lowest BCUT2D eigenvalue weighted by molar-refractivity contribution is 0.0285. The molecule has 1 unspecified atom stereocenters. The Hall–Kier alpha value is -3.35. The number of rotatable bonds is 9. The molecule has 1 fully saturated rings. The largest absolute Gasteiger partial charge is 0.484 e. The van der Waals surface area contributed by atoms with Crippen molar-refractivity contribution in [2.45, 2.75) is 65.0 Å². The lowest BCUT2D eigenvalue weighted by atomic mass is 9.84. The van der Waals surface area contributed by atoms with E-state index in [4.69, 9.17) is 19.4 Å². The second-order valence-corrected chi connectivity index (χ2v) is 10.4. The number of nitrogens with one attached hydrogen (secondary N) is 2. The Balaban J connectivity index is 0.00000253. The Morgan fingerprint density at radius 3 is 2.81 bits per heavy atom. The second-order valence-electron chi connectivity index (χ2n) is 10.4. The lowest BCUT2D eigenvalue weighted by Gasteiger charge is -2.33. The molecule has 36 heavy (non-hydrogen) atoms. The van der Waals surface area contributed by atoms with Gasteiger partial charge < -0.3 is 20.1 Å². The minimum atomic E-state index is -0.267. The zero-order valence-electron chi connectivity index (χ0n) is 22.1. The summed E-state index contributed by atoms with van der Waals surface area (Å²) >= 11 is 0. The van der Waals surface area contributed by atoms with Gasteiger partial charge in [0.2, 0.25) is 0 Å². The van der Waals surface area contributed by atoms with E-state index in [2.05, 4.69) is 67.9 Å². The van der Waals surface area contributed by atoms with Crippen LogP contribution in [-0.2, 0) is 9.47 Å². The summed E-state index contributed by atoms with van der Waals surface area (Å²) in [5.74, 6) is 3.30. The summed E-state index contributed by atoms with van der Waals surface area (Å²) in [5.41, 5.74) is 5.65. The molecule has 3 aromatic heterocycles. The molecule has 2 N–H and O–H groups in total. The van der Waals surface area contributed by atoms with Gasteiger partial charge in [0.1, 0.15) is 34.3 Å². The SMILES string of the molecule is C=C=C(OC(C)(C)C)C1CCC[C@@H](Nc2cc(NCCOC)nc(-c3cnc4ccc(C)cn34)n2)C1.[HH].[HH]. The van der Waals surface area contributed by atoms with Crippen LogP contribution in [0.25, 0.3) is 17.2 Å². The standard InChI is InChI=1S/C28H38N6O2.2H2/c1-7-23(36-28(3,4)5)20-9-8-10-21(15-20)31-25-16-24(29-13-14-35-6)32-27(33-25)22-17-30-26-12-11-19(2)18-34(22)26;;/h11-12,16-18,20-21H,1,8-10,13-15H2,2-6H3,(H2,29,31,32,33);2*1H/t20?,21-;;/m1../s1. The molecule has 0 spiro atoms. The Kier molecular flexibility index (Phi) is 7.97. The third-order valence-electron chi connectivity index (χ3n) is 6.21. The summed E-state index contributed by atoms with van der Waals surface area (Å²) in [6, 6.07) is 6.28. The van der Waals surface area contributed by atoms with E-state index in [1.807, 2.05) is 22.7 Å². The van der Waals surface area contributed by atoms with E-state index in [9.17, 15) is 0 Å². The van der Waals surface area contributed by atoms with E-state index >= 15 is 0 Å². The first-order chi connectivity index (χ1) is 17.3. The van der Waals surface area contributed by atoms with Crippen molar-refractivity contribution in [3.8, 4) is 11.5 Å². The molecule has 0 aliphatic heterocycles. The van der Waals surface area contributed by atoms with Gasteiger partial charge in [0.25, 0.3) is 0 Å². The molecule has 1 aliphatic carbocycles. The van der Waals surface area contributed by atoms with Gasteiger partial charge in [0.15, 0.2) is 5.82 Å². The lowest BCUT2D eigenvalue weighted by Crippen LogP contribution is -2.31. The minimum absolute atomic E-state index is 0. The predicted octanol–water partition coefficient (Wildman–Crippen LogP) is 6.10. The van der Waals surface area contributed by atoms with Crippen LogP contribution in [0.15, 0.2) is 48.7 Å². The molecule has 196 valence electrons. The molecule has 8 heteroatoms. The van der Waals surface area contributed by atoms with Crippen molar-refractivity contribution in [3.05, 3.63) is 54.2 Å². The fourth-order valence-electron chi connectivity index (χ4n) is 4.62. The summed E-state index contributed by atoms with van der Waals surface area (Å²) in [6.45, 7) is 13.4. The predicted molar refractivity (Wildman–Crippen MR) is 148 cm³/mol. The highest BCUT2D eigenvalue weighted by Crippen LogP contribution is 2.34. The van der Waals surface area contributed by atoms with E-state index in [0.29, 0.717) is 19.0 Å². The van der Waals surface area contributed by atoms with Gasteiger partial charge in [0.05, 0.1) is 12.8 Å². The number of allylic oxidation sites excluding steroid dienone is 1. The van der Waals surface area contributed by atoms with Crippen LogP contribution >= 0.6 is 0 Å². The zero-order chi connectivity index (χ0) is 25.7. The quantitative estimate of drug-likeness (QED) is 0.211. The number of nitrogens with zero attached hydrogens (tertiary/aromatic N) is 4. The normalized spacial score (nSPS) is 18.0. The van der Waals surface area contributed by atoms with Crippen molar-refractivity contribution in [2.75, 3.05) is 30.9 Å². The van der Waals surface area contributed by atoms with Crippen LogP contribution < -0.4 is 10.6 Å². The average Bonchev–Trinajstić information content (AvgIpc) is 3.25. The molecule has 1 saturated carbocycles. The number of aryl methyl sites for hydroxylation is 1. The van der Waals surface area contributed by atoms with Crippen LogP contribution in [-0.4, -0.2) is 51.3 Å². The summed E-state index contributed by atoms with van der Waals surface area (Å²) in [6.07, 6.45) is 8.07. The number of pyridine rings is 1. The molecule has 0 bridgehead atoms. The fraction of sp³-hybridized carbons (Fsp3) is 0.500. The average molecular weight is 495 g/mol. The second kappa shape index (κ2) is 11.1. The van der Waals surface area contributed by atoms with E-state index in [1.54, 1.807) is 7.11 Å². The van der Waals surface area contributed by atoms with Gasteiger partial charge in [-0.1, -0.05) is 24.8 Å². The van der Waals surface area contributed by atoms with E-state index in [1.165, 1.54) is 0 Å². The number of ether oxygens (including phenoxy) is 2. The maximum atomic E-state index is 6.18. The van der Waals surface area contributed by atoms with E-state index in [0.717, 1.165) is 60.0 Å². The maximum absolute atomic E-state index is 6.18. The van der Waals surface area contributed by atoms with Gasteiger partial charge in [-0.05, 0) is 58.6 Å². The first-order valence-electron chi connectivity index (χ1n) is 12.7. The number of anilines is 2. The molecule has 2 atom stereocenters. The van der Waals surface area contributed by atoms with Gasteiger partial charge in [-0.2, -0.15) is 0 Å². The van der Waals surface area contributed by atoms with Crippen molar-refractivity contribution in [1.29, 1.82) is 0 Å².